The van der Waals surface area contributed by atoms with E-state index < -0.39 is 0 Å². The first-order valence-electron chi connectivity index (χ1n) is 8.24. The molecule has 0 heterocycles. The summed E-state index contributed by atoms with van der Waals surface area (Å²) in [5.74, 6) is 0.884. The molecule has 19 heavy (non-hydrogen) atoms. The molecule has 107 valence electrons. The summed E-state index contributed by atoms with van der Waals surface area (Å²) in [6.07, 6.45) is 13.9. The summed E-state index contributed by atoms with van der Waals surface area (Å²) in [6, 6.07) is 11.7. The van der Waals surface area contributed by atoms with E-state index in [0.29, 0.717) is 0 Å². The van der Waals surface area contributed by atoms with Crippen LogP contribution in [0.4, 0.5) is 0 Å². The maximum Gasteiger partial charge on any atom is -0.0149 e. The van der Waals surface area contributed by atoms with Gasteiger partial charge in [0.05, 0.1) is 0 Å². The molecule has 0 nitrogen and oxygen atoms in total. The number of hydrogen-bond donors (Lipinski definition) is 0. The fourth-order valence-corrected chi connectivity index (χ4v) is 2.51. The Morgan fingerprint density at radius 3 is 2.05 bits per heavy atom. The van der Waals surface area contributed by atoms with Gasteiger partial charge in [-0.05, 0) is 30.4 Å². The summed E-state index contributed by atoms with van der Waals surface area (Å²) in [5.41, 5.74) is 1.37. The van der Waals surface area contributed by atoms with E-state index in [0.717, 1.165) is 5.92 Å². The molecule has 0 aliphatic carbocycles. The summed E-state index contributed by atoms with van der Waals surface area (Å²) in [6.45, 7) is 4.65. The Hall–Kier alpha value is -0.780. The lowest BCUT2D eigenvalue weighted by molar-refractivity contribution is 0.507. The van der Waals surface area contributed by atoms with Crippen molar-refractivity contribution in [3.63, 3.8) is 0 Å². The van der Waals surface area contributed by atoms with Crippen LogP contribution in [-0.4, -0.2) is 0 Å². The van der Waals surface area contributed by atoms with E-state index in [-0.39, 0.29) is 0 Å². The van der Waals surface area contributed by atoms with Crippen molar-refractivity contribution in [2.24, 2.45) is 5.92 Å². The summed E-state index contributed by atoms with van der Waals surface area (Å²) in [5, 5.41) is 0. The molecular formula is C19H31. The Morgan fingerprint density at radius 2 is 1.47 bits per heavy atom. The van der Waals surface area contributed by atoms with Crippen molar-refractivity contribution in [2.45, 2.75) is 78.1 Å². The van der Waals surface area contributed by atoms with E-state index in [1.807, 2.05) is 12.1 Å². The van der Waals surface area contributed by atoms with Crippen LogP contribution in [0.15, 0.2) is 24.3 Å². The van der Waals surface area contributed by atoms with Gasteiger partial charge in [-0.15, -0.1) is 0 Å². The molecule has 0 bridgehead atoms. The van der Waals surface area contributed by atoms with Gasteiger partial charge in [0.1, 0.15) is 0 Å². The molecule has 1 radical (unpaired) electrons. The van der Waals surface area contributed by atoms with Crippen molar-refractivity contribution in [1.29, 1.82) is 0 Å². The lowest BCUT2D eigenvalue weighted by atomic mass is 10.0. The molecule has 0 saturated carbocycles. The lowest BCUT2D eigenvalue weighted by Crippen LogP contribution is -1.88. The molecule has 0 spiro atoms. The Kier molecular flexibility index (Phi) is 9.49. The van der Waals surface area contributed by atoms with E-state index in [2.05, 4.69) is 32.0 Å². The van der Waals surface area contributed by atoms with Crippen molar-refractivity contribution in [3.05, 3.63) is 35.9 Å². The van der Waals surface area contributed by atoms with Gasteiger partial charge in [0.2, 0.25) is 0 Å². The van der Waals surface area contributed by atoms with Crippen LogP contribution in [0.3, 0.4) is 0 Å². The highest BCUT2D eigenvalue weighted by Gasteiger charge is 1.96. The highest BCUT2D eigenvalue weighted by atomic mass is 14.0. The van der Waals surface area contributed by atoms with Crippen LogP contribution in [0, 0.1) is 12.0 Å². The molecule has 1 aromatic carbocycles. The van der Waals surface area contributed by atoms with Gasteiger partial charge in [-0.25, -0.2) is 0 Å². The van der Waals surface area contributed by atoms with E-state index in [9.17, 15) is 0 Å². The number of unbranched alkanes of at least 4 members (excludes halogenated alkanes) is 7. The van der Waals surface area contributed by atoms with E-state index in [4.69, 9.17) is 0 Å². The van der Waals surface area contributed by atoms with Crippen LogP contribution >= 0.6 is 0 Å². The van der Waals surface area contributed by atoms with Crippen LogP contribution in [0.5, 0.6) is 0 Å². The minimum atomic E-state index is 0.884. The zero-order chi connectivity index (χ0) is 13.8. The van der Waals surface area contributed by atoms with Crippen LogP contribution in [0.1, 0.15) is 77.2 Å². The number of hydrogen-bond acceptors (Lipinski definition) is 0. The summed E-state index contributed by atoms with van der Waals surface area (Å²) < 4.78 is 0. The molecule has 1 rings (SSSR count). The second-order valence-electron chi connectivity index (χ2n) is 6.15. The average Bonchev–Trinajstić information content (AvgIpc) is 2.42. The molecule has 0 heteroatoms. The van der Waals surface area contributed by atoms with E-state index in [1.54, 1.807) is 0 Å². The summed E-state index contributed by atoms with van der Waals surface area (Å²) in [4.78, 5) is 0. The molecule has 0 fully saturated rings. The highest BCUT2D eigenvalue weighted by molar-refractivity contribution is 5.12. The second-order valence-corrected chi connectivity index (χ2v) is 6.15. The van der Waals surface area contributed by atoms with E-state index >= 15 is 0 Å². The predicted octanol–water partition coefficient (Wildman–Crippen LogP) is 6.20. The first-order chi connectivity index (χ1) is 9.29. The van der Waals surface area contributed by atoms with Crippen molar-refractivity contribution in [1.82, 2.24) is 0 Å². The van der Waals surface area contributed by atoms with Crippen molar-refractivity contribution in [2.75, 3.05) is 0 Å². The van der Waals surface area contributed by atoms with Crippen LogP contribution < -0.4 is 0 Å². The zero-order valence-electron chi connectivity index (χ0n) is 13.0. The van der Waals surface area contributed by atoms with Crippen molar-refractivity contribution < 1.29 is 0 Å². The normalized spacial score (nSPS) is 11.1. The van der Waals surface area contributed by atoms with Gasteiger partial charge in [0.15, 0.2) is 0 Å². The predicted molar refractivity (Wildman–Crippen MR) is 85.4 cm³/mol. The molecule has 1 aromatic rings. The Morgan fingerprint density at radius 1 is 0.842 bits per heavy atom. The fraction of sp³-hybridized carbons (Fsp3) is 0.684. The van der Waals surface area contributed by atoms with E-state index in [1.165, 1.54) is 69.8 Å². The molecular weight excluding hydrogens is 228 g/mol. The van der Waals surface area contributed by atoms with Crippen molar-refractivity contribution >= 4 is 0 Å². The van der Waals surface area contributed by atoms with Gasteiger partial charge in [-0.1, -0.05) is 89.5 Å². The number of benzene rings is 1. The molecule has 0 amide bonds. The van der Waals surface area contributed by atoms with Crippen molar-refractivity contribution in [3.8, 4) is 0 Å². The Bertz CT molecular complexity index is 286. The molecule has 0 aromatic heterocycles. The zero-order valence-corrected chi connectivity index (χ0v) is 13.0. The minimum Gasteiger partial charge on any atom is -0.0628 e. The summed E-state index contributed by atoms with van der Waals surface area (Å²) >= 11 is 0. The molecule has 0 unspecified atom stereocenters. The maximum absolute atomic E-state index is 3.30. The van der Waals surface area contributed by atoms with Gasteiger partial charge in [0, 0.05) is 0 Å². The number of rotatable bonds is 11. The molecule has 0 aliphatic heterocycles. The monoisotopic (exact) mass is 259 g/mol. The lowest BCUT2D eigenvalue weighted by Gasteiger charge is -2.04. The molecule has 0 aliphatic rings. The Balaban J connectivity index is 1.81. The Labute approximate surface area is 120 Å². The largest absolute Gasteiger partial charge is 0.0628 e. The quantitative estimate of drug-likeness (QED) is 0.415. The first kappa shape index (κ1) is 16.3. The van der Waals surface area contributed by atoms with Crippen LogP contribution in [0.2, 0.25) is 0 Å². The van der Waals surface area contributed by atoms with Gasteiger partial charge >= 0.3 is 0 Å². The van der Waals surface area contributed by atoms with Crippen LogP contribution in [-0.2, 0) is 6.42 Å². The highest BCUT2D eigenvalue weighted by Crippen LogP contribution is 2.13. The van der Waals surface area contributed by atoms with Gasteiger partial charge in [-0.3, -0.25) is 0 Å². The second kappa shape index (κ2) is 11.1. The minimum absolute atomic E-state index is 0.884. The van der Waals surface area contributed by atoms with Gasteiger partial charge in [-0.2, -0.15) is 0 Å². The molecule has 0 saturated heterocycles. The smallest absolute Gasteiger partial charge is 0.0149 e. The maximum atomic E-state index is 3.30. The standard InChI is InChI=1S/C19H31/c1-18(2)14-10-7-5-3-4-6-8-11-15-19-16-12-9-13-17-19/h9,12-13,16,18H,3-8,10-11,14-15H2,1-2H3. The summed E-state index contributed by atoms with van der Waals surface area (Å²) in [7, 11) is 0. The third-order valence-electron chi connectivity index (χ3n) is 3.75. The fourth-order valence-electron chi connectivity index (χ4n) is 2.51. The number of aryl methyl sites for hydroxylation is 1. The van der Waals surface area contributed by atoms with Gasteiger partial charge < -0.3 is 0 Å². The first-order valence-corrected chi connectivity index (χ1v) is 8.24. The molecule has 0 N–H and O–H groups in total. The SMILES string of the molecule is CC(C)CCCCCCCCCCc1[c]cccc1. The van der Waals surface area contributed by atoms with Crippen LogP contribution in [0.25, 0.3) is 0 Å². The third-order valence-corrected chi connectivity index (χ3v) is 3.75. The van der Waals surface area contributed by atoms with Gasteiger partial charge in [0.25, 0.3) is 0 Å². The topological polar surface area (TPSA) is 0 Å². The average molecular weight is 259 g/mol. The molecule has 0 atom stereocenters. The third kappa shape index (κ3) is 9.76.